The summed E-state index contributed by atoms with van der Waals surface area (Å²) in [5.74, 6) is 0.602. The van der Waals surface area contributed by atoms with Crippen LogP contribution in [0.1, 0.15) is 90.5 Å². The van der Waals surface area contributed by atoms with Crippen molar-refractivity contribution in [2.75, 3.05) is 5.32 Å². The van der Waals surface area contributed by atoms with Gasteiger partial charge in [-0.2, -0.15) is 0 Å². The lowest BCUT2D eigenvalue weighted by atomic mass is 10.00. The molecule has 0 saturated heterocycles. The van der Waals surface area contributed by atoms with E-state index in [4.69, 9.17) is 0 Å². The lowest BCUT2D eigenvalue weighted by Crippen LogP contribution is -2.19. The Balaban J connectivity index is 2.58. The van der Waals surface area contributed by atoms with E-state index in [1.165, 1.54) is 62.6 Å². The Labute approximate surface area is 132 Å². The number of benzene rings is 1. The van der Waals surface area contributed by atoms with Crippen molar-refractivity contribution in [2.45, 2.75) is 91.0 Å². The minimum atomic E-state index is 0.602. The number of anilines is 1. The first-order valence-electron chi connectivity index (χ1n) is 9.03. The van der Waals surface area contributed by atoms with E-state index in [9.17, 15) is 0 Å². The van der Waals surface area contributed by atoms with Crippen LogP contribution >= 0.6 is 0 Å². The summed E-state index contributed by atoms with van der Waals surface area (Å²) in [7, 11) is 0. The Morgan fingerprint density at radius 2 is 1.52 bits per heavy atom. The van der Waals surface area contributed by atoms with Gasteiger partial charge >= 0.3 is 0 Å². The molecule has 0 spiro atoms. The maximum absolute atomic E-state index is 3.79. The predicted molar refractivity (Wildman–Crippen MR) is 96.2 cm³/mol. The van der Waals surface area contributed by atoms with Crippen molar-refractivity contribution in [3.8, 4) is 0 Å². The molecule has 0 radical (unpaired) electrons. The highest BCUT2D eigenvalue weighted by atomic mass is 14.9. The van der Waals surface area contributed by atoms with Gasteiger partial charge in [0.05, 0.1) is 0 Å². The zero-order chi connectivity index (χ0) is 15.5. The molecule has 21 heavy (non-hydrogen) atoms. The summed E-state index contributed by atoms with van der Waals surface area (Å²) in [6, 6.07) is 9.62. The van der Waals surface area contributed by atoms with Crippen molar-refractivity contribution < 1.29 is 0 Å². The largest absolute Gasteiger partial charge is 0.382 e. The quantitative estimate of drug-likeness (QED) is 0.444. The monoisotopic (exact) mass is 289 g/mol. The van der Waals surface area contributed by atoms with Gasteiger partial charge in [-0.1, -0.05) is 78.4 Å². The van der Waals surface area contributed by atoms with Gasteiger partial charge in [-0.3, -0.25) is 0 Å². The van der Waals surface area contributed by atoms with E-state index in [0.29, 0.717) is 12.0 Å². The average Bonchev–Trinajstić information content (AvgIpc) is 2.48. The molecule has 0 saturated carbocycles. The van der Waals surface area contributed by atoms with Crippen LogP contribution in [-0.4, -0.2) is 6.04 Å². The molecule has 1 aromatic rings. The normalized spacial score (nSPS) is 11.3. The third-order valence-electron chi connectivity index (χ3n) is 4.24. The molecule has 1 rings (SSSR count). The molecule has 0 fully saturated rings. The molecule has 1 nitrogen and oxygen atoms in total. The highest BCUT2D eigenvalue weighted by molar-refractivity contribution is 5.47. The van der Waals surface area contributed by atoms with Gasteiger partial charge in [0.2, 0.25) is 0 Å². The number of hydrogen-bond donors (Lipinski definition) is 1. The van der Waals surface area contributed by atoms with Crippen molar-refractivity contribution in [1.82, 2.24) is 0 Å². The number of nitrogens with one attached hydrogen (secondary N) is 1. The van der Waals surface area contributed by atoms with Crippen LogP contribution < -0.4 is 5.32 Å². The van der Waals surface area contributed by atoms with E-state index >= 15 is 0 Å². The number of hydrogen-bond acceptors (Lipinski definition) is 1. The fraction of sp³-hybridized carbons (Fsp3) is 0.700. The summed E-state index contributed by atoms with van der Waals surface area (Å²) >= 11 is 0. The molecule has 1 aromatic carbocycles. The van der Waals surface area contributed by atoms with Crippen LogP contribution in [0.5, 0.6) is 0 Å². The molecule has 1 N–H and O–H groups in total. The van der Waals surface area contributed by atoms with Crippen molar-refractivity contribution in [3.05, 3.63) is 29.8 Å². The van der Waals surface area contributed by atoms with E-state index in [-0.39, 0.29) is 0 Å². The van der Waals surface area contributed by atoms with Crippen LogP contribution in [-0.2, 0) is 0 Å². The SMILES string of the molecule is CCCCCC(CCCCC)Nc1cccc(C(C)C)c1. The smallest absolute Gasteiger partial charge is 0.0345 e. The summed E-state index contributed by atoms with van der Waals surface area (Å²) in [5, 5.41) is 3.79. The van der Waals surface area contributed by atoms with Crippen LogP contribution in [0.3, 0.4) is 0 Å². The van der Waals surface area contributed by atoms with Crippen molar-refractivity contribution in [1.29, 1.82) is 0 Å². The van der Waals surface area contributed by atoms with Crippen LogP contribution in [0.4, 0.5) is 5.69 Å². The van der Waals surface area contributed by atoms with Crippen molar-refractivity contribution in [3.63, 3.8) is 0 Å². The highest BCUT2D eigenvalue weighted by Gasteiger charge is 2.09. The Morgan fingerprint density at radius 1 is 0.905 bits per heavy atom. The summed E-state index contributed by atoms with van der Waals surface area (Å²) in [6.45, 7) is 9.09. The van der Waals surface area contributed by atoms with Gasteiger partial charge in [0.25, 0.3) is 0 Å². The molecule has 0 atom stereocenters. The van der Waals surface area contributed by atoms with E-state index in [1.807, 2.05) is 0 Å². The second-order valence-corrected chi connectivity index (χ2v) is 6.61. The van der Waals surface area contributed by atoms with Gasteiger partial charge in [0, 0.05) is 11.7 Å². The highest BCUT2D eigenvalue weighted by Crippen LogP contribution is 2.21. The lowest BCUT2D eigenvalue weighted by Gasteiger charge is -2.21. The van der Waals surface area contributed by atoms with Crippen LogP contribution in [0.25, 0.3) is 0 Å². The number of unbranched alkanes of at least 4 members (excludes halogenated alkanes) is 4. The summed E-state index contributed by atoms with van der Waals surface area (Å²) in [6.07, 6.45) is 10.7. The van der Waals surface area contributed by atoms with E-state index in [0.717, 1.165) is 0 Å². The van der Waals surface area contributed by atoms with Crippen LogP contribution in [0.2, 0.25) is 0 Å². The van der Waals surface area contributed by atoms with Gasteiger partial charge < -0.3 is 5.32 Å². The first kappa shape index (κ1) is 18.1. The Morgan fingerprint density at radius 3 is 2.05 bits per heavy atom. The van der Waals surface area contributed by atoms with Crippen molar-refractivity contribution in [2.24, 2.45) is 0 Å². The van der Waals surface area contributed by atoms with Gasteiger partial charge in [-0.25, -0.2) is 0 Å². The second kappa shape index (κ2) is 10.7. The fourth-order valence-corrected chi connectivity index (χ4v) is 2.79. The molecule has 0 heterocycles. The van der Waals surface area contributed by atoms with Crippen molar-refractivity contribution >= 4 is 5.69 Å². The minimum Gasteiger partial charge on any atom is -0.382 e. The second-order valence-electron chi connectivity index (χ2n) is 6.61. The zero-order valence-corrected chi connectivity index (χ0v) is 14.6. The minimum absolute atomic E-state index is 0.602. The third kappa shape index (κ3) is 7.55. The van der Waals surface area contributed by atoms with E-state index in [1.54, 1.807) is 0 Å². The third-order valence-corrected chi connectivity index (χ3v) is 4.24. The molecule has 0 unspecified atom stereocenters. The standard InChI is InChI=1S/C20H35N/c1-5-7-9-13-19(14-10-8-6-2)21-20-15-11-12-18(16-20)17(3)4/h11-12,15-17,19,21H,5-10,13-14H2,1-4H3. The lowest BCUT2D eigenvalue weighted by molar-refractivity contribution is 0.526. The molecular formula is C20H35N. The van der Waals surface area contributed by atoms with Crippen LogP contribution in [0.15, 0.2) is 24.3 Å². The molecule has 0 bridgehead atoms. The fourth-order valence-electron chi connectivity index (χ4n) is 2.79. The van der Waals surface area contributed by atoms with Crippen LogP contribution in [0, 0.1) is 0 Å². The maximum atomic E-state index is 3.79. The van der Waals surface area contributed by atoms with Gasteiger partial charge in [0.1, 0.15) is 0 Å². The first-order chi connectivity index (χ1) is 10.2. The molecule has 0 aliphatic rings. The predicted octanol–water partition coefficient (Wildman–Crippen LogP) is 6.75. The molecular weight excluding hydrogens is 254 g/mol. The van der Waals surface area contributed by atoms with Gasteiger partial charge in [-0.15, -0.1) is 0 Å². The molecule has 0 amide bonds. The molecule has 0 aliphatic heterocycles. The topological polar surface area (TPSA) is 12.0 Å². The summed E-state index contributed by atoms with van der Waals surface area (Å²) < 4.78 is 0. The van der Waals surface area contributed by atoms with E-state index < -0.39 is 0 Å². The Bertz CT molecular complexity index is 360. The molecule has 1 heteroatoms. The maximum Gasteiger partial charge on any atom is 0.0345 e. The van der Waals surface area contributed by atoms with E-state index in [2.05, 4.69) is 57.3 Å². The number of rotatable bonds is 11. The van der Waals surface area contributed by atoms with Gasteiger partial charge in [0.15, 0.2) is 0 Å². The first-order valence-corrected chi connectivity index (χ1v) is 9.03. The zero-order valence-electron chi connectivity index (χ0n) is 14.6. The molecule has 120 valence electrons. The van der Waals surface area contributed by atoms with Gasteiger partial charge in [-0.05, 0) is 36.5 Å². The summed E-state index contributed by atoms with van der Waals surface area (Å²) in [5.41, 5.74) is 2.74. The summed E-state index contributed by atoms with van der Waals surface area (Å²) in [4.78, 5) is 0. The molecule has 0 aromatic heterocycles. The average molecular weight is 290 g/mol. The Hall–Kier alpha value is -0.980. The Kier molecular flexibility index (Phi) is 9.21. The molecule has 0 aliphatic carbocycles.